The summed E-state index contributed by atoms with van der Waals surface area (Å²) in [5.74, 6) is 1.47. The standard InChI is InChI=1S/C21H26N2O4/c24-18(16-26-19-7-3-1-4-8-19)15-22-11-13-23(14-12-22)21(25)17-27-20-9-5-2-6-10-20/h1-10,18,24H,11-17H2/p+1/t18-/m1/s1. The molecule has 2 N–H and O–H groups in total. The van der Waals surface area contributed by atoms with Gasteiger partial charge in [-0.3, -0.25) is 4.79 Å². The van der Waals surface area contributed by atoms with E-state index in [-0.39, 0.29) is 19.1 Å². The van der Waals surface area contributed by atoms with Crippen LogP contribution in [-0.2, 0) is 4.79 Å². The zero-order chi connectivity index (χ0) is 18.9. The molecule has 0 spiro atoms. The number of carbonyl (C=O) groups excluding carboxylic acids is 1. The van der Waals surface area contributed by atoms with Crippen molar-refractivity contribution in [3.63, 3.8) is 0 Å². The summed E-state index contributed by atoms with van der Waals surface area (Å²) in [6.07, 6.45) is -0.524. The van der Waals surface area contributed by atoms with Crippen molar-refractivity contribution in [3.8, 4) is 11.5 Å². The molecule has 1 amide bonds. The molecule has 1 fully saturated rings. The minimum absolute atomic E-state index is 0.00543. The van der Waals surface area contributed by atoms with E-state index in [1.54, 1.807) is 0 Å². The lowest BCUT2D eigenvalue weighted by atomic mass is 10.2. The first-order valence-electron chi connectivity index (χ1n) is 9.36. The van der Waals surface area contributed by atoms with E-state index in [4.69, 9.17) is 9.47 Å². The molecule has 0 unspecified atom stereocenters. The van der Waals surface area contributed by atoms with Gasteiger partial charge in [-0.25, -0.2) is 0 Å². The van der Waals surface area contributed by atoms with Crippen LogP contribution in [0.5, 0.6) is 11.5 Å². The lowest BCUT2D eigenvalue weighted by Crippen LogP contribution is -3.16. The van der Waals surface area contributed by atoms with Crippen LogP contribution in [0.15, 0.2) is 60.7 Å². The molecule has 1 heterocycles. The van der Waals surface area contributed by atoms with Crippen LogP contribution in [0.3, 0.4) is 0 Å². The Morgan fingerprint density at radius 3 is 2.11 bits per heavy atom. The molecular weight excluding hydrogens is 344 g/mol. The number of aliphatic hydroxyl groups excluding tert-OH is 1. The fourth-order valence-corrected chi connectivity index (χ4v) is 3.13. The summed E-state index contributed by atoms with van der Waals surface area (Å²) < 4.78 is 11.1. The number of rotatable bonds is 8. The molecule has 1 aliphatic heterocycles. The Kier molecular flexibility index (Phi) is 7.07. The first-order chi connectivity index (χ1) is 13.2. The van der Waals surface area contributed by atoms with E-state index in [2.05, 4.69) is 0 Å². The molecule has 144 valence electrons. The molecule has 2 aromatic carbocycles. The van der Waals surface area contributed by atoms with Gasteiger partial charge in [0.2, 0.25) is 0 Å². The number of nitrogens with one attached hydrogen (secondary N) is 1. The zero-order valence-electron chi connectivity index (χ0n) is 15.4. The molecular formula is C21H27N2O4+. The van der Waals surface area contributed by atoms with Gasteiger partial charge in [0.15, 0.2) is 6.61 Å². The average Bonchev–Trinajstić information content (AvgIpc) is 2.72. The van der Waals surface area contributed by atoms with Crippen LogP contribution in [-0.4, -0.2) is 68.0 Å². The van der Waals surface area contributed by atoms with Gasteiger partial charge >= 0.3 is 0 Å². The van der Waals surface area contributed by atoms with Gasteiger partial charge in [0, 0.05) is 0 Å². The maximum absolute atomic E-state index is 12.3. The van der Waals surface area contributed by atoms with Crippen molar-refractivity contribution in [2.75, 3.05) is 45.9 Å². The van der Waals surface area contributed by atoms with Gasteiger partial charge in [-0.1, -0.05) is 36.4 Å². The lowest BCUT2D eigenvalue weighted by Gasteiger charge is -2.33. The van der Waals surface area contributed by atoms with Crippen LogP contribution >= 0.6 is 0 Å². The van der Waals surface area contributed by atoms with E-state index in [1.807, 2.05) is 65.6 Å². The second kappa shape index (κ2) is 9.94. The molecule has 1 atom stereocenters. The number of piperazine rings is 1. The largest absolute Gasteiger partial charge is 0.491 e. The molecule has 6 nitrogen and oxygen atoms in total. The number of ether oxygens (including phenoxy) is 2. The number of hydrogen-bond donors (Lipinski definition) is 2. The van der Waals surface area contributed by atoms with Crippen LogP contribution in [0.2, 0.25) is 0 Å². The lowest BCUT2D eigenvalue weighted by molar-refractivity contribution is -0.907. The third-order valence-corrected chi connectivity index (χ3v) is 4.64. The summed E-state index contributed by atoms with van der Waals surface area (Å²) in [5.41, 5.74) is 0. The van der Waals surface area contributed by atoms with E-state index in [0.717, 1.165) is 18.8 Å². The first-order valence-corrected chi connectivity index (χ1v) is 9.36. The number of hydrogen-bond acceptors (Lipinski definition) is 4. The molecule has 0 aliphatic carbocycles. The maximum atomic E-state index is 12.3. The van der Waals surface area contributed by atoms with Crippen molar-refractivity contribution < 1.29 is 24.3 Å². The van der Waals surface area contributed by atoms with Crippen molar-refractivity contribution in [2.45, 2.75) is 6.10 Å². The Morgan fingerprint density at radius 1 is 0.963 bits per heavy atom. The number of para-hydroxylation sites is 2. The fraction of sp³-hybridized carbons (Fsp3) is 0.381. The highest BCUT2D eigenvalue weighted by molar-refractivity contribution is 5.77. The molecule has 1 saturated heterocycles. The van der Waals surface area contributed by atoms with E-state index < -0.39 is 6.10 Å². The minimum Gasteiger partial charge on any atom is -0.491 e. The van der Waals surface area contributed by atoms with Crippen molar-refractivity contribution >= 4 is 5.91 Å². The van der Waals surface area contributed by atoms with Crippen LogP contribution in [0, 0.1) is 0 Å². The highest BCUT2D eigenvalue weighted by Gasteiger charge is 2.25. The van der Waals surface area contributed by atoms with Crippen molar-refractivity contribution in [1.29, 1.82) is 0 Å². The number of benzene rings is 2. The predicted molar refractivity (Wildman–Crippen MR) is 102 cm³/mol. The first kappa shape index (κ1) is 19.2. The Balaban J connectivity index is 1.34. The second-order valence-corrected chi connectivity index (χ2v) is 6.71. The summed E-state index contributed by atoms with van der Waals surface area (Å²) in [4.78, 5) is 15.4. The topological polar surface area (TPSA) is 63.4 Å². The number of carbonyl (C=O) groups is 1. The Bertz CT molecular complexity index is 688. The molecule has 0 aromatic heterocycles. The van der Waals surface area contributed by atoms with Gasteiger partial charge < -0.3 is 24.4 Å². The molecule has 6 heteroatoms. The number of quaternary nitrogens is 1. The Hall–Kier alpha value is -2.57. The Labute approximate surface area is 159 Å². The number of aliphatic hydroxyl groups is 1. The minimum atomic E-state index is -0.524. The maximum Gasteiger partial charge on any atom is 0.260 e. The smallest absolute Gasteiger partial charge is 0.260 e. The molecule has 27 heavy (non-hydrogen) atoms. The highest BCUT2D eigenvalue weighted by atomic mass is 16.5. The molecule has 2 aromatic rings. The van der Waals surface area contributed by atoms with Crippen LogP contribution in [0.25, 0.3) is 0 Å². The van der Waals surface area contributed by atoms with Gasteiger partial charge in [-0.05, 0) is 24.3 Å². The van der Waals surface area contributed by atoms with Gasteiger partial charge in [0.25, 0.3) is 5.91 Å². The van der Waals surface area contributed by atoms with Gasteiger partial charge in [-0.15, -0.1) is 0 Å². The SMILES string of the molecule is O=C(COc1ccccc1)N1CC[NH+](C[C@@H](O)COc2ccccc2)CC1. The van der Waals surface area contributed by atoms with Crippen molar-refractivity contribution in [3.05, 3.63) is 60.7 Å². The van der Waals surface area contributed by atoms with Gasteiger partial charge in [0.1, 0.15) is 30.8 Å². The third-order valence-electron chi connectivity index (χ3n) is 4.64. The Morgan fingerprint density at radius 2 is 1.52 bits per heavy atom. The van der Waals surface area contributed by atoms with Crippen LogP contribution < -0.4 is 14.4 Å². The van der Waals surface area contributed by atoms with Gasteiger partial charge in [-0.2, -0.15) is 0 Å². The average molecular weight is 371 g/mol. The van der Waals surface area contributed by atoms with Gasteiger partial charge in [0.05, 0.1) is 26.2 Å². The summed E-state index contributed by atoms with van der Waals surface area (Å²) in [6.45, 7) is 3.96. The number of amides is 1. The third kappa shape index (κ3) is 6.27. The molecule has 0 bridgehead atoms. The van der Waals surface area contributed by atoms with Crippen LogP contribution in [0.4, 0.5) is 0 Å². The monoisotopic (exact) mass is 371 g/mol. The summed E-state index contributed by atoms with van der Waals surface area (Å²) in [5, 5.41) is 10.2. The second-order valence-electron chi connectivity index (χ2n) is 6.71. The van der Waals surface area contributed by atoms with Crippen molar-refractivity contribution in [2.24, 2.45) is 0 Å². The molecule has 0 radical (unpaired) electrons. The molecule has 1 aliphatic rings. The summed E-state index contributed by atoms with van der Waals surface area (Å²) >= 11 is 0. The van der Waals surface area contributed by atoms with Crippen LogP contribution in [0.1, 0.15) is 0 Å². The van der Waals surface area contributed by atoms with Crippen molar-refractivity contribution in [1.82, 2.24) is 4.90 Å². The summed E-state index contributed by atoms with van der Waals surface area (Å²) in [7, 11) is 0. The van der Waals surface area contributed by atoms with E-state index >= 15 is 0 Å². The molecule has 3 rings (SSSR count). The fourth-order valence-electron chi connectivity index (χ4n) is 3.13. The quantitative estimate of drug-likeness (QED) is 0.698. The van der Waals surface area contributed by atoms with E-state index in [9.17, 15) is 9.90 Å². The van der Waals surface area contributed by atoms with E-state index in [1.165, 1.54) is 4.90 Å². The normalized spacial score (nSPS) is 16.0. The highest BCUT2D eigenvalue weighted by Crippen LogP contribution is 2.09. The molecule has 0 saturated carbocycles. The summed E-state index contributed by atoms with van der Waals surface area (Å²) in [6, 6.07) is 18.9. The van der Waals surface area contributed by atoms with E-state index in [0.29, 0.717) is 25.4 Å². The number of nitrogens with zero attached hydrogens (tertiary/aromatic N) is 1. The predicted octanol–water partition coefficient (Wildman–Crippen LogP) is 0.232. The zero-order valence-corrected chi connectivity index (χ0v) is 15.4.